The number of carbonyl (C=O) groups is 2. The fraction of sp³-hybridized carbons (Fsp3) is 0.600. The number of benzene rings is 1. The smallest absolute Gasteiger partial charge is 0.241 e. The molecule has 0 saturated carbocycles. The van der Waals surface area contributed by atoms with Crippen molar-refractivity contribution in [3.8, 4) is 0 Å². The summed E-state index contributed by atoms with van der Waals surface area (Å²) in [6.07, 6.45) is 2.00. The van der Waals surface area contributed by atoms with Gasteiger partial charge in [0.05, 0.1) is 12.6 Å². The van der Waals surface area contributed by atoms with Crippen LogP contribution in [0.4, 0.5) is 0 Å². The summed E-state index contributed by atoms with van der Waals surface area (Å²) in [6, 6.07) is 9.98. The maximum Gasteiger partial charge on any atom is 0.241 e. The minimum atomic E-state index is -0.569. The molecule has 5 nitrogen and oxygen atoms in total. The molecule has 5 heteroatoms. The van der Waals surface area contributed by atoms with Gasteiger partial charge in [0.2, 0.25) is 11.8 Å². The highest BCUT2D eigenvalue weighted by atomic mass is 16.2. The summed E-state index contributed by atoms with van der Waals surface area (Å²) >= 11 is 0. The lowest BCUT2D eigenvalue weighted by atomic mass is 9.79. The highest BCUT2D eigenvalue weighted by Crippen LogP contribution is 2.34. The maximum atomic E-state index is 12.5. The van der Waals surface area contributed by atoms with E-state index in [-0.39, 0.29) is 24.3 Å². The normalized spacial score (nSPS) is 21.9. The van der Waals surface area contributed by atoms with Gasteiger partial charge in [-0.3, -0.25) is 9.59 Å². The summed E-state index contributed by atoms with van der Waals surface area (Å²) in [5, 5.41) is 2.68. The van der Waals surface area contributed by atoms with E-state index in [0.717, 1.165) is 25.9 Å². The molecule has 1 heterocycles. The Morgan fingerprint density at radius 1 is 1.28 bits per heavy atom. The zero-order chi connectivity index (χ0) is 18.4. The number of carbonyl (C=O) groups excluding carboxylic acids is 2. The highest BCUT2D eigenvalue weighted by molar-refractivity contribution is 5.87. The zero-order valence-corrected chi connectivity index (χ0v) is 15.6. The van der Waals surface area contributed by atoms with Crippen LogP contribution in [0.15, 0.2) is 30.3 Å². The van der Waals surface area contributed by atoms with Gasteiger partial charge in [0.25, 0.3) is 0 Å². The van der Waals surface area contributed by atoms with Crippen LogP contribution in [-0.4, -0.2) is 42.4 Å². The van der Waals surface area contributed by atoms with Crippen molar-refractivity contribution in [2.24, 2.45) is 17.6 Å². The van der Waals surface area contributed by atoms with Crippen LogP contribution in [0, 0.1) is 11.8 Å². The highest BCUT2D eigenvalue weighted by Gasteiger charge is 2.31. The van der Waals surface area contributed by atoms with Crippen molar-refractivity contribution in [2.75, 3.05) is 19.6 Å². The van der Waals surface area contributed by atoms with Crippen molar-refractivity contribution in [1.29, 1.82) is 0 Å². The SMILES string of the molecule is CCC1CN(C(=O)CNC(=O)[C@@H](N)C(C)C)CCC1c1ccccc1. The first-order valence-corrected chi connectivity index (χ1v) is 9.30. The zero-order valence-electron chi connectivity index (χ0n) is 15.6. The van der Waals surface area contributed by atoms with Crippen LogP contribution < -0.4 is 11.1 Å². The average molecular weight is 345 g/mol. The van der Waals surface area contributed by atoms with Crippen LogP contribution in [0.2, 0.25) is 0 Å². The second-order valence-electron chi connectivity index (χ2n) is 7.30. The fourth-order valence-corrected chi connectivity index (χ4v) is 3.51. The van der Waals surface area contributed by atoms with E-state index in [4.69, 9.17) is 5.73 Å². The number of piperidine rings is 1. The first-order chi connectivity index (χ1) is 11.9. The Bertz CT molecular complexity index is 574. The van der Waals surface area contributed by atoms with Crippen molar-refractivity contribution in [2.45, 2.75) is 45.6 Å². The van der Waals surface area contributed by atoms with Crippen LogP contribution in [0.25, 0.3) is 0 Å². The van der Waals surface area contributed by atoms with E-state index < -0.39 is 6.04 Å². The van der Waals surface area contributed by atoms with E-state index in [1.54, 1.807) is 0 Å². The van der Waals surface area contributed by atoms with Crippen molar-refractivity contribution < 1.29 is 9.59 Å². The number of hydrogen-bond acceptors (Lipinski definition) is 3. The second kappa shape index (κ2) is 8.99. The van der Waals surface area contributed by atoms with Crippen LogP contribution in [0.3, 0.4) is 0 Å². The number of nitrogens with two attached hydrogens (primary N) is 1. The molecule has 25 heavy (non-hydrogen) atoms. The molecule has 2 rings (SSSR count). The van der Waals surface area contributed by atoms with Gasteiger partial charge in [-0.2, -0.15) is 0 Å². The third-order valence-corrected chi connectivity index (χ3v) is 5.27. The van der Waals surface area contributed by atoms with E-state index in [0.29, 0.717) is 11.8 Å². The molecule has 1 aliphatic rings. The summed E-state index contributed by atoms with van der Waals surface area (Å²) < 4.78 is 0. The molecule has 3 atom stereocenters. The van der Waals surface area contributed by atoms with Crippen LogP contribution in [0.1, 0.15) is 45.1 Å². The lowest BCUT2D eigenvalue weighted by Crippen LogP contribution is -2.50. The molecule has 3 N–H and O–H groups in total. The standard InChI is InChI=1S/C20H31N3O2/c1-4-15-13-23(11-10-17(15)16-8-6-5-7-9-16)18(24)12-22-20(25)19(21)14(2)3/h5-9,14-15,17,19H,4,10-13,21H2,1-3H3,(H,22,25)/t15?,17?,19-/m0/s1. The van der Waals surface area contributed by atoms with E-state index in [2.05, 4.69) is 36.5 Å². The largest absolute Gasteiger partial charge is 0.346 e. The first kappa shape index (κ1) is 19.4. The molecule has 1 aromatic carbocycles. The van der Waals surface area contributed by atoms with Gasteiger partial charge in [-0.25, -0.2) is 0 Å². The molecule has 0 aliphatic carbocycles. The molecule has 2 amide bonds. The number of nitrogens with one attached hydrogen (secondary N) is 1. The number of amides is 2. The minimum Gasteiger partial charge on any atom is -0.346 e. The molecule has 1 fully saturated rings. The van der Waals surface area contributed by atoms with E-state index in [9.17, 15) is 9.59 Å². The molecule has 1 aliphatic heterocycles. The van der Waals surface area contributed by atoms with E-state index in [1.807, 2.05) is 24.8 Å². The fourth-order valence-electron chi connectivity index (χ4n) is 3.51. The number of rotatable bonds is 6. The Morgan fingerprint density at radius 3 is 2.56 bits per heavy atom. The quantitative estimate of drug-likeness (QED) is 0.829. The van der Waals surface area contributed by atoms with Gasteiger partial charge < -0.3 is 16.0 Å². The summed E-state index contributed by atoms with van der Waals surface area (Å²) in [6.45, 7) is 7.49. The van der Waals surface area contributed by atoms with Gasteiger partial charge in [0.15, 0.2) is 0 Å². The molecule has 0 radical (unpaired) electrons. The summed E-state index contributed by atoms with van der Waals surface area (Å²) in [4.78, 5) is 26.3. The maximum absolute atomic E-state index is 12.5. The van der Waals surface area contributed by atoms with E-state index >= 15 is 0 Å². The van der Waals surface area contributed by atoms with Crippen molar-refractivity contribution >= 4 is 11.8 Å². The Kier molecular flexibility index (Phi) is 7.00. The van der Waals surface area contributed by atoms with Gasteiger partial charge in [-0.15, -0.1) is 0 Å². The Hall–Kier alpha value is -1.88. The molecule has 0 aromatic heterocycles. The third-order valence-electron chi connectivity index (χ3n) is 5.27. The summed E-state index contributed by atoms with van der Waals surface area (Å²) in [5.74, 6) is 0.734. The second-order valence-corrected chi connectivity index (χ2v) is 7.30. The molecular weight excluding hydrogens is 314 g/mol. The predicted octanol–water partition coefficient (Wildman–Crippen LogP) is 2.13. The summed E-state index contributed by atoms with van der Waals surface area (Å²) in [7, 11) is 0. The molecular formula is C20H31N3O2. The lowest BCUT2D eigenvalue weighted by molar-refractivity contribution is -0.135. The lowest BCUT2D eigenvalue weighted by Gasteiger charge is -2.38. The third kappa shape index (κ3) is 5.05. The minimum absolute atomic E-state index is 0.0192. The average Bonchev–Trinajstić information content (AvgIpc) is 2.65. The van der Waals surface area contributed by atoms with Gasteiger partial charge in [-0.05, 0) is 29.7 Å². The van der Waals surface area contributed by atoms with Crippen LogP contribution in [0.5, 0.6) is 0 Å². The number of nitrogens with zero attached hydrogens (tertiary/aromatic N) is 1. The van der Waals surface area contributed by atoms with Crippen molar-refractivity contribution in [1.82, 2.24) is 10.2 Å². The number of likely N-dealkylation sites (tertiary alicyclic amines) is 1. The van der Waals surface area contributed by atoms with Gasteiger partial charge >= 0.3 is 0 Å². The summed E-state index contributed by atoms with van der Waals surface area (Å²) in [5.41, 5.74) is 7.17. The first-order valence-electron chi connectivity index (χ1n) is 9.30. The van der Waals surface area contributed by atoms with Gasteiger partial charge in [-0.1, -0.05) is 57.5 Å². The number of hydrogen-bond donors (Lipinski definition) is 2. The van der Waals surface area contributed by atoms with Crippen LogP contribution in [-0.2, 0) is 9.59 Å². The Labute approximate surface area is 151 Å². The Balaban J connectivity index is 1.90. The van der Waals surface area contributed by atoms with Gasteiger partial charge in [0, 0.05) is 13.1 Å². The Morgan fingerprint density at radius 2 is 1.96 bits per heavy atom. The van der Waals surface area contributed by atoms with Crippen molar-refractivity contribution in [3.05, 3.63) is 35.9 Å². The molecule has 0 spiro atoms. The molecule has 1 aromatic rings. The predicted molar refractivity (Wildman–Crippen MR) is 100.0 cm³/mol. The van der Waals surface area contributed by atoms with Gasteiger partial charge in [0.1, 0.15) is 0 Å². The van der Waals surface area contributed by atoms with Crippen molar-refractivity contribution in [3.63, 3.8) is 0 Å². The molecule has 1 saturated heterocycles. The monoisotopic (exact) mass is 345 g/mol. The van der Waals surface area contributed by atoms with Crippen LogP contribution >= 0.6 is 0 Å². The molecule has 2 unspecified atom stereocenters. The van der Waals surface area contributed by atoms with E-state index in [1.165, 1.54) is 5.56 Å². The topological polar surface area (TPSA) is 75.4 Å². The molecule has 138 valence electrons. The molecule has 0 bridgehead atoms.